The van der Waals surface area contributed by atoms with Gasteiger partial charge in [0, 0.05) is 48.7 Å². The summed E-state index contributed by atoms with van der Waals surface area (Å²) in [5.41, 5.74) is 2.46. The summed E-state index contributed by atoms with van der Waals surface area (Å²) in [6, 6.07) is 19.8. The van der Waals surface area contributed by atoms with E-state index >= 15 is 0 Å². The first kappa shape index (κ1) is 22.4. The molecule has 0 aromatic heterocycles. The van der Waals surface area contributed by atoms with E-state index in [0.717, 1.165) is 38.2 Å². The second kappa shape index (κ2) is 7.94. The maximum atomic E-state index is 12.1. The monoisotopic (exact) mass is 420 g/mol. The standard InChI is InChI=1S/C28H40N2O/c1-21(2)20-22-12-14-23(15-13-22)28(31)26(3,4)25(27(28,5)6)30-18-16-29(17-19-30)24-10-8-7-9-11-24/h7-15,21,25,31H,16-20H2,1-6H3. The summed E-state index contributed by atoms with van der Waals surface area (Å²) in [4.78, 5) is 5.11. The average Bonchev–Trinajstić information content (AvgIpc) is 2.74. The highest BCUT2D eigenvalue weighted by Crippen LogP contribution is 2.68. The molecule has 2 fully saturated rings. The summed E-state index contributed by atoms with van der Waals surface area (Å²) in [6.45, 7) is 17.7. The number of nitrogens with zero attached hydrogens (tertiary/aromatic N) is 2. The fraction of sp³-hybridized carbons (Fsp3) is 0.571. The van der Waals surface area contributed by atoms with Crippen molar-refractivity contribution in [2.75, 3.05) is 31.1 Å². The molecule has 0 radical (unpaired) electrons. The van der Waals surface area contributed by atoms with E-state index < -0.39 is 5.60 Å². The molecule has 1 heterocycles. The van der Waals surface area contributed by atoms with Crippen LogP contribution in [0.2, 0.25) is 0 Å². The van der Waals surface area contributed by atoms with Gasteiger partial charge in [0.05, 0.1) is 0 Å². The summed E-state index contributed by atoms with van der Waals surface area (Å²) in [5, 5.41) is 12.1. The second-order valence-corrected chi connectivity index (χ2v) is 11.2. The maximum absolute atomic E-state index is 12.1. The lowest BCUT2D eigenvalue weighted by atomic mass is 9.39. The summed E-state index contributed by atoms with van der Waals surface area (Å²) >= 11 is 0. The van der Waals surface area contributed by atoms with Gasteiger partial charge in [-0.3, -0.25) is 4.90 Å². The van der Waals surface area contributed by atoms with Crippen molar-refractivity contribution in [1.82, 2.24) is 4.90 Å². The van der Waals surface area contributed by atoms with Crippen molar-refractivity contribution in [3.8, 4) is 0 Å². The van der Waals surface area contributed by atoms with Crippen LogP contribution in [0.3, 0.4) is 0 Å². The van der Waals surface area contributed by atoms with Crippen molar-refractivity contribution in [2.24, 2.45) is 16.7 Å². The Morgan fingerprint density at radius 2 is 1.39 bits per heavy atom. The van der Waals surface area contributed by atoms with Crippen molar-refractivity contribution >= 4 is 5.69 Å². The highest BCUT2D eigenvalue weighted by molar-refractivity contribution is 5.46. The predicted octanol–water partition coefficient (Wildman–Crippen LogP) is 5.33. The topological polar surface area (TPSA) is 26.7 Å². The average molecular weight is 421 g/mol. The molecule has 0 spiro atoms. The van der Waals surface area contributed by atoms with Crippen LogP contribution in [-0.4, -0.2) is 42.2 Å². The molecule has 1 N–H and O–H groups in total. The zero-order valence-electron chi connectivity index (χ0n) is 20.2. The fourth-order valence-corrected chi connectivity index (χ4v) is 6.94. The Labute approximate surface area is 189 Å². The Kier molecular flexibility index (Phi) is 5.72. The molecule has 2 aliphatic rings. The van der Waals surface area contributed by atoms with Gasteiger partial charge in [-0.15, -0.1) is 0 Å². The van der Waals surface area contributed by atoms with Gasteiger partial charge in [-0.1, -0.05) is 84.0 Å². The Hall–Kier alpha value is -1.84. The van der Waals surface area contributed by atoms with E-state index in [1.807, 2.05) is 0 Å². The van der Waals surface area contributed by atoms with Crippen LogP contribution in [0.4, 0.5) is 5.69 Å². The van der Waals surface area contributed by atoms with Crippen molar-refractivity contribution < 1.29 is 5.11 Å². The Bertz CT molecular complexity index is 861. The lowest BCUT2D eigenvalue weighted by molar-refractivity contribution is -0.307. The minimum Gasteiger partial charge on any atom is -0.384 e. The lowest BCUT2D eigenvalue weighted by Gasteiger charge is -2.72. The summed E-state index contributed by atoms with van der Waals surface area (Å²) in [5.74, 6) is 0.643. The molecule has 3 heteroatoms. The van der Waals surface area contributed by atoms with E-state index in [1.165, 1.54) is 11.3 Å². The minimum absolute atomic E-state index is 0.217. The van der Waals surface area contributed by atoms with Gasteiger partial charge in [0.1, 0.15) is 5.60 Å². The molecule has 0 unspecified atom stereocenters. The molecule has 4 rings (SSSR count). The SMILES string of the molecule is CC(C)Cc1ccc(C2(O)C(C)(C)C(N3CCN(c4ccccc4)CC3)C2(C)C)cc1. The lowest BCUT2D eigenvalue weighted by Crippen LogP contribution is -2.79. The first-order chi connectivity index (χ1) is 14.6. The molecule has 168 valence electrons. The molecule has 0 amide bonds. The minimum atomic E-state index is -0.836. The van der Waals surface area contributed by atoms with Gasteiger partial charge in [0.25, 0.3) is 0 Å². The summed E-state index contributed by atoms with van der Waals surface area (Å²) in [6.07, 6.45) is 1.08. The third kappa shape index (κ3) is 3.50. The largest absolute Gasteiger partial charge is 0.384 e. The Morgan fingerprint density at radius 1 is 0.839 bits per heavy atom. The van der Waals surface area contributed by atoms with Crippen LogP contribution in [0.5, 0.6) is 0 Å². The maximum Gasteiger partial charge on any atom is 0.103 e. The van der Waals surface area contributed by atoms with E-state index in [9.17, 15) is 5.11 Å². The molecule has 0 bridgehead atoms. The highest BCUT2D eigenvalue weighted by atomic mass is 16.3. The number of rotatable bonds is 5. The van der Waals surface area contributed by atoms with Gasteiger partial charge < -0.3 is 10.0 Å². The molecule has 1 saturated carbocycles. The number of hydrogen-bond acceptors (Lipinski definition) is 3. The molecule has 3 nitrogen and oxygen atoms in total. The van der Waals surface area contributed by atoms with Crippen molar-refractivity contribution in [3.63, 3.8) is 0 Å². The van der Waals surface area contributed by atoms with Gasteiger partial charge in [0.15, 0.2) is 0 Å². The van der Waals surface area contributed by atoms with Crippen LogP contribution < -0.4 is 4.90 Å². The van der Waals surface area contributed by atoms with E-state index in [-0.39, 0.29) is 10.8 Å². The quantitative estimate of drug-likeness (QED) is 0.708. The molecule has 1 aliphatic heterocycles. The third-order valence-electron chi connectivity index (χ3n) is 8.05. The normalized spacial score (nSPS) is 27.9. The van der Waals surface area contributed by atoms with Gasteiger partial charge in [-0.25, -0.2) is 0 Å². The number of para-hydroxylation sites is 1. The van der Waals surface area contributed by atoms with E-state index in [2.05, 4.69) is 106 Å². The predicted molar refractivity (Wildman–Crippen MR) is 130 cm³/mol. The third-order valence-corrected chi connectivity index (χ3v) is 8.05. The molecule has 2 aromatic carbocycles. The summed E-state index contributed by atoms with van der Waals surface area (Å²) in [7, 11) is 0. The zero-order chi connectivity index (χ0) is 22.4. The first-order valence-corrected chi connectivity index (χ1v) is 11.9. The second-order valence-electron chi connectivity index (χ2n) is 11.2. The van der Waals surface area contributed by atoms with Crippen molar-refractivity contribution in [1.29, 1.82) is 0 Å². The molecule has 1 saturated heterocycles. The fourth-order valence-electron chi connectivity index (χ4n) is 6.94. The van der Waals surface area contributed by atoms with Crippen LogP contribution in [0.25, 0.3) is 0 Å². The van der Waals surface area contributed by atoms with Gasteiger partial charge in [0.2, 0.25) is 0 Å². The highest BCUT2D eigenvalue weighted by Gasteiger charge is 2.73. The smallest absolute Gasteiger partial charge is 0.103 e. The number of aliphatic hydroxyl groups is 1. The first-order valence-electron chi connectivity index (χ1n) is 11.9. The Morgan fingerprint density at radius 3 is 1.90 bits per heavy atom. The summed E-state index contributed by atoms with van der Waals surface area (Å²) < 4.78 is 0. The Balaban J connectivity index is 1.51. The number of benzene rings is 2. The van der Waals surface area contributed by atoms with Crippen LogP contribution >= 0.6 is 0 Å². The van der Waals surface area contributed by atoms with Gasteiger partial charge in [-0.2, -0.15) is 0 Å². The van der Waals surface area contributed by atoms with E-state index in [4.69, 9.17) is 0 Å². The number of piperazine rings is 1. The van der Waals surface area contributed by atoms with E-state index in [0.29, 0.717) is 12.0 Å². The van der Waals surface area contributed by atoms with Crippen LogP contribution in [0, 0.1) is 16.7 Å². The van der Waals surface area contributed by atoms with Crippen molar-refractivity contribution in [2.45, 2.75) is 59.6 Å². The van der Waals surface area contributed by atoms with E-state index in [1.54, 1.807) is 0 Å². The van der Waals surface area contributed by atoms with Crippen LogP contribution in [0.1, 0.15) is 52.7 Å². The number of anilines is 1. The van der Waals surface area contributed by atoms with Gasteiger partial charge >= 0.3 is 0 Å². The molecule has 31 heavy (non-hydrogen) atoms. The molecule has 1 aliphatic carbocycles. The molecular formula is C28H40N2O. The molecule has 0 atom stereocenters. The van der Waals surface area contributed by atoms with Crippen molar-refractivity contribution in [3.05, 3.63) is 65.7 Å². The molecule has 2 aromatic rings. The molecular weight excluding hydrogens is 380 g/mol. The van der Waals surface area contributed by atoms with Gasteiger partial charge in [-0.05, 0) is 35.6 Å². The zero-order valence-corrected chi connectivity index (χ0v) is 20.2. The number of hydrogen-bond donors (Lipinski definition) is 1. The van der Waals surface area contributed by atoms with Crippen LogP contribution in [-0.2, 0) is 12.0 Å². The van der Waals surface area contributed by atoms with Crippen LogP contribution in [0.15, 0.2) is 54.6 Å².